The fraction of sp³-hybridized carbons (Fsp3) is 0.294. The summed E-state index contributed by atoms with van der Waals surface area (Å²) in [6.07, 6.45) is 3.79. The van der Waals surface area contributed by atoms with E-state index in [0.29, 0.717) is 23.5 Å². The third-order valence-corrected chi connectivity index (χ3v) is 4.39. The highest BCUT2D eigenvalue weighted by atomic mass is 16.6. The molecular formula is C17H15NO4. The first-order chi connectivity index (χ1) is 10.7. The molecule has 5 heteroatoms. The van der Waals surface area contributed by atoms with Gasteiger partial charge in [-0.25, -0.2) is 0 Å². The van der Waals surface area contributed by atoms with Crippen molar-refractivity contribution >= 4 is 5.78 Å². The Morgan fingerprint density at radius 2 is 1.86 bits per heavy atom. The number of hydrogen-bond acceptors (Lipinski definition) is 5. The SMILES string of the molecule is COc1cc2c(cc1OC)C(=O)[C@]1(C2)O[C@@H]1c1ccncc1. The summed E-state index contributed by atoms with van der Waals surface area (Å²) in [5.74, 6) is 1.21. The van der Waals surface area contributed by atoms with Crippen LogP contribution < -0.4 is 9.47 Å². The van der Waals surface area contributed by atoms with Crippen LogP contribution in [0.3, 0.4) is 0 Å². The minimum atomic E-state index is -0.763. The van der Waals surface area contributed by atoms with Gasteiger partial charge in [0.2, 0.25) is 0 Å². The number of carbonyl (C=O) groups is 1. The van der Waals surface area contributed by atoms with E-state index in [0.717, 1.165) is 11.1 Å². The van der Waals surface area contributed by atoms with E-state index in [1.165, 1.54) is 0 Å². The molecule has 1 aliphatic carbocycles. The fourth-order valence-corrected chi connectivity index (χ4v) is 3.23. The number of carbonyl (C=O) groups excluding carboxylic acids is 1. The normalized spacial score (nSPS) is 25.2. The lowest BCUT2D eigenvalue weighted by Crippen LogP contribution is -2.20. The van der Waals surface area contributed by atoms with Crippen LogP contribution in [-0.4, -0.2) is 30.6 Å². The summed E-state index contributed by atoms with van der Waals surface area (Å²) < 4.78 is 16.4. The fourth-order valence-electron chi connectivity index (χ4n) is 3.23. The van der Waals surface area contributed by atoms with Gasteiger partial charge in [-0.15, -0.1) is 0 Å². The maximum Gasteiger partial charge on any atom is 0.198 e. The molecule has 1 saturated heterocycles. The predicted molar refractivity (Wildman–Crippen MR) is 78.4 cm³/mol. The van der Waals surface area contributed by atoms with Crippen LogP contribution in [0.25, 0.3) is 0 Å². The molecule has 2 aromatic rings. The van der Waals surface area contributed by atoms with Crippen LogP contribution in [0.4, 0.5) is 0 Å². The number of hydrogen-bond donors (Lipinski definition) is 0. The van der Waals surface area contributed by atoms with Crippen LogP contribution >= 0.6 is 0 Å². The second-order valence-corrected chi connectivity index (χ2v) is 5.54. The largest absolute Gasteiger partial charge is 0.493 e. The summed E-state index contributed by atoms with van der Waals surface area (Å²) in [4.78, 5) is 16.8. The van der Waals surface area contributed by atoms with Crippen molar-refractivity contribution in [2.75, 3.05) is 14.2 Å². The van der Waals surface area contributed by atoms with Crippen LogP contribution in [0.15, 0.2) is 36.7 Å². The highest BCUT2D eigenvalue weighted by Crippen LogP contribution is 2.57. The Hall–Kier alpha value is -2.40. The molecule has 4 rings (SSSR count). The molecular weight excluding hydrogens is 282 g/mol. The maximum atomic E-state index is 12.8. The quantitative estimate of drug-likeness (QED) is 0.814. The summed E-state index contributed by atoms with van der Waals surface area (Å²) in [5.41, 5.74) is 1.82. The van der Waals surface area contributed by atoms with Crippen molar-refractivity contribution < 1.29 is 19.0 Å². The first-order valence-corrected chi connectivity index (χ1v) is 7.07. The predicted octanol–water partition coefficient (Wildman–Crippen LogP) is 2.35. The first-order valence-electron chi connectivity index (χ1n) is 7.07. The number of nitrogens with zero attached hydrogens (tertiary/aromatic N) is 1. The smallest absolute Gasteiger partial charge is 0.198 e. The number of aromatic nitrogens is 1. The summed E-state index contributed by atoms with van der Waals surface area (Å²) in [6, 6.07) is 7.39. The number of pyridine rings is 1. The number of rotatable bonds is 3. The average molecular weight is 297 g/mol. The third kappa shape index (κ3) is 1.69. The molecule has 2 heterocycles. The van der Waals surface area contributed by atoms with E-state index in [1.54, 1.807) is 32.7 Å². The Morgan fingerprint density at radius 3 is 2.55 bits per heavy atom. The van der Waals surface area contributed by atoms with Gasteiger partial charge in [0.25, 0.3) is 0 Å². The Balaban J connectivity index is 1.72. The average Bonchev–Trinajstić information content (AvgIpc) is 3.23. The Bertz CT molecular complexity index is 759. The van der Waals surface area contributed by atoms with Gasteiger partial charge in [-0.2, -0.15) is 0 Å². The van der Waals surface area contributed by atoms with Gasteiger partial charge in [0.1, 0.15) is 6.10 Å². The molecule has 5 nitrogen and oxygen atoms in total. The van der Waals surface area contributed by atoms with E-state index >= 15 is 0 Å². The van der Waals surface area contributed by atoms with Gasteiger partial charge >= 0.3 is 0 Å². The zero-order valence-corrected chi connectivity index (χ0v) is 12.3. The van der Waals surface area contributed by atoms with E-state index in [-0.39, 0.29) is 11.9 Å². The molecule has 2 atom stereocenters. The van der Waals surface area contributed by atoms with Crippen molar-refractivity contribution in [3.05, 3.63) is 53.3 Å². The molecule has 2 aliphatic rings. The number of methoxy groups -OCH3 is 2. The van der Waals surface area contributed by atoms with Gasteiger partial charge in [-0.05, 0) is 35.4 Å². The summed E-state index contributed by atoms with van der Waals surface area (Å²) in [7, 11) is 3.15. The molecule has 1 aliphatic heterocycles. The highest BCUT2D eigenvalue weighted by Gasteiger charge is 2.66. The minimum Gasteiger partial charge on any atom is -0.493 e. The number of fused-ring (bicyclic) bond motifs is 1. The van der Waals surface area contributed by atoms with Crippen molar-refractivity contribution in [3.8, 4) is 11.5 Å². The number of benzene rings is 1. The summed E-state index contributed by atoms with van der Waals surface area (Å²) in [6.45, 7) is 0. The standard InChI is InChI=1S/C17H15NO4/c1-20-13-7-11-9-17(15(19)12(11)8-14(13)21-2)16(22-17)10-3-5-18-6-4-10/h3-8,16H,9H2,1-2H3/t16-,17+/m1/s1. The van der Waals surface area contributed by atoms with Crippen LogP contribution in [0.5, 0.6) is 11.5 Å². The molecule has 0 radical (unpaired) electrons. The zero-order chi connectivity index (χ0) is 15.3. The van der Waals surface area contributed by atoms with Gasteiger partial charge in [0.15, 0.2) is 22.9 Å². The number of ketones is 1. The number of ether oxygens (including phenoxy) is 3. The van der Waals surface area contributed by atoms with E-state index in [1.807, 2.05) is 18.2 Å². The molecule has 112 valence electrons. The van der Waals surface area contributed by atoms with E-state index in [2.05, 4.69) is 4.98 Å². The lowest BCUT2D eigenvalue weighted by Gasteiger charge is -2.08. The van der Waals surface area contributed by atoms with Gasteiger partial charge in [-0.1, -0.05) is 0 Å². The van der Waals surface area contributed by atoms with Gasteiger partial charge in [0, 0.05) is 24.4 Å². The lowest BCUT2D eigenvalue weighted by atomic mass is 9.96. The van der Waals surface area contributed by atoms with E-state index in [9.17, 15) is 4.79 Å². The van der Waals surface area contributed by atoms with Crippen LogP contribution in [0.2, 0.25) is 0 Å². The summed E-state index contributed by atoms with van der Waals surface area (Å²) in [5, 5.41) is 0. The molecule has 22 heavy (non-hydrogen) atoms. The van der Waals surface area contributed by atoms with Crippen molar-refractivity contribution in [1.29, 1.82) is 0 Å². The van der Waals surface area contributed by atoms with Gasteiger partial charge in [0.05, 0.1) is 14.2 Å². The van der Waals surface area contributed by atoms with Crippen molar-refractivity contribution in [1.82, 2.24) is 4.98 Å². The molecule has 0 N–H and O–H groups in total. The topological polar surface area (TPSA) is 61.0 Å². The van der Waals surface area contributed by atoms with E-state index < -0.39 is 5.60 Å². The van der Waals surface area contributed by atoms with Gasteiger partial charge in [-0.3, -0.25) is 9.78 Å². The highest BCUT2D eigenvalue weighted by molar-refractivity contribution is 6.09. The maximum absolute atomic E-state index is 12.8. The second kappa shape index (κ2) is 4.55. The van der Waals surface area contributed by atoms with Crippen molar-refractivity contribution in [2.45, 2.75) is 18.1 Å². The molecule has 1 aromatic carbocycles. The molecule has 1 aromatic heterocycles. The third-order valence-electron chi connectivity index (χ3n) is 4.39. The zero-order valence-electron chi connectivity index (χ0n) is 12.3. The number of Topliss-reactive ketones (excluding diaryl/α,β-unsaturated/α-hetero) is 1. The van der Waals surface area contributed by atoms with Gasteiger partial charge < -0.3 is 14.2 Å². The number of epoxide rings is 1. The summed E-state index contributed by atoms with van der Waals surface area (Å²) >= 11 is 0. The first kappa shape index (κ1) is 13.3. The molecule has 1 fully saturated rings. The molecule has 0 amide bonds. The van der Waals surface area contributed by atoms with Crippen molar-refractivity contribution in [3.63, 3.8) is 0 Å². The Kier molecular flexibility index (Phi) is 2.74. The van der Waals surface area contributed by atoms with Crippen LogP contribution in [0.1, 0.15) is 27.6 Å². The Labute approximate surface area is 127 Å². The molecule has 0 unspecified atom stereocenters. The molecule has 1 spiro atoms. The Morgan fingerprint density at radius 1 is 1.18 bits per heavy atom. The molecule has 0 bridgehead atoms. The lowest BCUT2D eigenvalue weighted by molar-refractivity contribution is 0.0894. The second-order valence-electron chi connectivity index (χ2n) is 5.54. The molecule has 0 saturated carbocycles. The van der Waals surface area contributed by atoms with Crippen LogP contribution in [0, 0.1) is 0 Å². The monoisotopic (exact) mass is 297 g/mol. The van der Waals surface area contributed by atoms with Crippen molar-refractivity contribution in [2.24, 2.45) is 0 Å². The van der Waals surface area contributed by atoms with E-state index in [4.69, 9.17) is 14.2 Å². The minimum absolute atomic E-state index is 0.0188. The van der Waals surface area contributed by atoms with Crippen LogP contribution in [-0.2, 0) is 11.2 Å².